The third kappa shape index (κ3) is 0.744. The molecule has 2 heterocycles. The van der Waals surface area contributed by atoms with Crippen LogP contribution in [0.3, 0.4) is 0 Å². The van der Waals surface area contributed by atoms with E-state index in [9.17, 15) is 0 Å². The Balaban J connectivity index is 2.42. The van der Waals surface area contributed by atoms with Crippen molar-refractivity contribution in [1.29, 1.82) is 0 Å². The molecule has 0 bridgehead atoms. The zero-order valence-electron chi connectivity index (χ0n) is 5.83. The molecule has 1 aliphatic rings. The van der Waals surface area contributed by atoms with Crippen molar-refractivity contribution in [2.75, 3.05) is 5.32 Å². The Morgan fingerprint density at radius 1 is 1.70 bits per heavy atom. The Hall–Kier alpha value is -1.12. The van der Waals surface area contributed by atoms with E-state index in [-0.39, 0.29) is 0 Å². The number of fused-ring (bicyclic) bond motifs is 1. The number of anilines is 1. The molecule has 0 aliphatic carbocycles. The minimum Gasteiger partial charge on any atom is -0.379 e. The molecule has 0 aromatic carbocycles. The molecule has 2 rings (SSSR count). The molecule has 1 aromatic rings. The summed E-state index contributed by atoms with van der Waals surface area (Å²) < 4.78 is 0. The summed E-state index contributed by atoms with van der Waals surface area (Å²) in [6, 6.07) is 0.520. The van der Waals surface area contributed by atoms with Crippen molar-refractivity contribution in [3.8, 4) is 0 Å². The maximum atomic E-state index is 4.14. The van der Waals surface area contributed by atoms with E-state index in [0.29, 0.717) is 6.04 Å². The average Bonchev–Trinajstić information content (AvgIpc) is 2.27. The number of nitrogens with one attached hydrogen (secondary N) is 1. The van der Waals surface area contributed by atoms with E-state index in [4.69, 9.17) is 0 Å². The van der Waals surface area contributed by atoms with Crippen molar-refractivity contribution in [3.63, 3.8) is 0 Å². The first-order valence-corrected chi connectivity index (χ1v) is 3.41. The Kier molecular flexibility index (Phi) is 1.09. The van der Waals surface area contributed by atoms with Crippen LogP contribution >= 0.6 is 0 Å². The Morgan fingerprint density at radius 3 is 3.40 bits per heavy atom. The van der Waals surface area contributed by atoms with E-state index in [1.165, 1.54) is 0 Å². The van der Waals surface area contributed by atoms with Crippen molar-refractivity contribution < 1.29 is 0 Å². The fraction of sp³-hybridized carbons (Fsp3) is 0.429. The molecule has 0 saturated carbocycles. The van der Waals surface area contributed by atoms with E-state index in [2.05, 4.69) is 22.2 Å². The van der Waals surface area contributed by atoms with Crippen molar-refractivity contribution in [1.82, 2.24) is 9.97 Å². The van der Waals surface area contributed by atoms with Crippen LogP contribution in [0.15, 0.2) is 12.5 Å². The molecule has 10 heavy (non-hydrogen) atoms. The zero-order chi connectivity index (χ0) is 6.97. The topological polar surface area (TPSA) is 37.8 Å². The van der Waals surface area contributed by atoms with Gasteiger partial charge < -0.3 is 5.32 Å². The highest BCUT2D eigenvalue weighted by Crippen LogP contribution is 2.20. The first kappa shape index (κ1) is 5.65. The Bertz CT molecular complexity index is 221. The molecule has 1 atom stereocenters. The first-order chi connectivity index (χ1) is 4.86. The SMILES string of the molecule is CC1Cc2ncncc2N1. The summed E-state index contributed by atoms with van der Waals surface area (Å²) in [6.07, 6.45) is 4.45. The molecule has 3 nitrogen and oxygen atoms in total. The highest BCUT2D eigenvalue weighted by Gasteiger charge is 2.16. The largest absolute Gasteiger partial charge is 0.379 e. The fourth-order valence-corrected chi connectivity index (χ4v) is 1.24. The molecular formula is C7H9N3. The van der Waals surface area contributed by atoms with Gasteiger partial charge in [-0.2, -0.15) is 0 Å². The maximum Gasteiger partial charge on any atom is 0.115 e. The van der Waals surface area contributed by atoms with Crippen LogP contribution in [0.1, 0.15) is 12.6 Å². The van der Waals surface area contributed by atoms with Gasteiger partial charge in [0.15, 0.2) is 0 Å². The number of hydrogen-bond donors (Lipinski definition) is 1. The lowest BCUT2D eigenvalue weighted by Gasteiger charge is -1.99. The molecule has 1 aromatic heterocycles. The molecule has 0 fully saturated rings. The van der Waals surface area contributed by atoms with Gasteiger partial charge in [0.05, 0.1) is 17.6 Å². The summed E-state index contributed by atoms with van der Waals surface area (Å²) >= 11 is 0. The van der Waals surface area contributed by atoms with Crippen molar-refractivity contribution in [2.45, 2.75) is 19.4 Å². The molecule has 1 N–H and O–H groups in total. The molecule has 1 aliphatic heterocycles. The van der Waals surface area contributed by atoms with E-state index in [1.54, 1.807) is 6.33 Å². The van der Waals surface area contributed by atoms with Crippen molar-refractivity contribution >= 4 is 5.69 Å². The van der Waals surface area contributed by atoms with E-state index >= 15 is 0 Å². The molecule has 0 amide bonds. The van der Waals surface area contributed by atoms with Gasteiger partial charge in [-0.3, -0.25) is 0 Å². The maximum absolute atomic E-state index is 4.14. The van der Waals surface area contributed by atoms with Gasteiger partial charge in [0.1, 0.15) is 6.33 Å². The van der Waals surface area contributed by atoms with Gasteiger partial charge in [0, 0.05) is 12.5 Å². The highest BCUT2D eigenvalue weighted by atomic mass is 15.0. The van der Waals surface area contributed by atoms with Crippen molar-refractivity contribution in [2.24, 2.45) is 0 Å². The first-order valence-electron chi connectivity index (χ1n) is 3.41. The van der Waals surface area contributed by atoms with Gasteiger partial charge in [-0.15, -0.1) is 0 Å². The van der Waals surface area contributed by atoms with Crippen LogP contribution in [0.4, 0.5) is 5.69 Å². The number of rotatable bonds is 0. The van der Waals surface area contributed by atoms with Crippen LogP contribution < -0.4 is 5.32 Å². The minimum atomic E-state index is 0.520. The summed E-state index contributed by atoms with van der Waals surface area (Å²) in [4.78, 5) is 8.05. The smallest absolute Gasteiger partial charge is 0.115 e. The molecule has 52 valence electrons. The lowest BCUT2D eigenvalue weighted by Crippen LogP contribution is -2.08. The quantitative estimate of drug-likeness (QED) is 0.572. The molecule has 0 saturated heterocycles. The number of hydrogen-bond acceptors (Lipinski definition) is 3. The summed E-state index contributed by atoms with van der Waals surface area (Å²) in [5.74, 6) is 0. The summed E-state index contributed by atoms with van der Waals surface area (Å²) in [5.41, 5.74) is 2.23. The number of nitrogens with zero attached hydrogens (tertiary/aromatic N) is 2. The minimum absolute atomic E-state index is 0.520. The van der Waals surface area contributed by atoms with Crippen LogP contribution in [-0.2, 0) is 6.42 Å². The second-order valence-corrected chi connectivity index (χ2v) is 2.63. The summed E-state index contributed by atoms with van der Waals surface area (Å²) in [5, 5.41) is 3.27. The van der Waals surface area contributed by atoms with Gasteiger partial charge >= 0.3 is 0 Å². The van der Waals surface area contributed by atoms with Crippen LogP contribution in [0.2, 0.25) is 0 Å². The fourth-order valence-electron chi connectivity index (χ4n) is 1.24. The molecule has 0 radical (unpaired) electrons. The normalized spacial score (nSPS) is 21.9. The Morgan fingerprint density at radius 2 is 2.60 bits per heavy atom. The summed E-state index contributed by atoms with van der Waals surface area (Å²) in [7, 11) is 0. The average molecular weight is 135 g/mol. The predicted octanol–water partition coefficient (Wildman–Crippen LogP) is 0.833. The lowest BCUT2D eigenvalue weighted by atomic mass is 10.2. The second-order valence-electron chi connectivity index (χ2n) is 2.63. The van der Waals surface area contributed by atoms with E-state index in [1.807, 2.05) is 6.20 Å². The highest BCUT2D eigenvalue weighted by molar-refractivity contribution is 5.51. The van der Waals surface area contributed by atoms with Crippen LogP contribution in [-0.4, -0.2) is 16.0 Å². The zero-order valence-corrected chi connectivity index (χ0v) is 5.83. The summed E-state index contributed by atoms with van der Waals surface area (Å²) in [6.45, 7) is 2.14. The second kappa shape index (κ2) is 1.94. The van der Waals surface area contributed by atoms with Gasteiger partial charge in [-0.25, -0.2) is 9.97 Å². The van der Waals surface area contributed by atoms with Crippen LogP contribution in [0.5, 0.6) is 0 Å². The number of aromatic nitrogens is 2. The monoisotopic (exact) mass is 135 g/mol. The van der Waals surface area contributed by atoms with Gasteiger partial charge in [-0.05, 0) is 6.92 Å². The van der Waals surface area contributed by atoms with Gasteiger partial charge in [0.25, 0.3) is 0 Å². The molecule has 3 heteroatoms. The van der Waals surface area contributed by atoms with Gasteiger partial charge in [-0.1, -0.05) is 0 Å². The van der Waals surface area contributed by atoms with E-state index in [0.717, 1.165) is 17.8 Å². The standard InChI is InChI=1S/C7H9N3/c1-5-2-6-7(10-5)3-8-4-9-6/h3-5,10H,2H2,1H3. The Labute approximate surface area is 59.5 Å². The van der Waals surface area contributed by atoms with Crippen LogP contribution in [0, 0.1) is 0 Å². The van der Waals surface area contributed by atoms with E-state index < -0.39 is 0 Å². The molecule has 0 spiro atoms. The predicted molar refractivity (Wildman–Crippen MR) is 38.8 cm³/mol. The van der Waals surface area contributed by atoms with Gasteiger partial charge in [0.2, 0.25) is 0 Å². The van der Waals surface area contributed by atoms with Crippen molar-refractivity contribution in [3.05, 3.63) is 18.2 Å². The third-order valence-corrected chi connectivity index (χ3v) is 1.70. The molecular weight excluding hydrogens is 126 g/mol. The molecule has 1 unspecified atom stereocenters. The van der Waals surface area contributed by atoms with Crippen LogP contribution in [0.25, 0.3) is 0 Å². The third-order valence-electron chi connectivity index (χ3n) is 1.70. The lowest BCUT2D eigenvalue weighted by molar-refractivity contribution is 0.823.